The molecule has 3 nitrogen and oxygen atoms in total. The Kier molecular flexibility index (Phi) is 3.74. The van der Waals surface area contributed by atoms with Gasteiger partial charge in [-0.1, -0.05) is 0 Å². The van der Waals surface area contributed by atoms with E-state index >= 15 is 0 Å². The van der Waals surface area contributed by atoms with Crippen LogP contribution in [0.2, 0.25) is 0 Å². The van der Waals surface area contributed by atoms with Crippen LogP contribution in [0.25, 0.3) is 0 Å². The second-order valence-electron chi connectivity index (χ2n) is 3.89. The van der Waals surface area contributed by atoms with Crippen LogP contribution < -0.4 is 10.1 Å². The molecule has 16 heavy (non-hydrogen) atoms. The van der Waals surface area contributed by atoms with Gasteiger partial charge in [0, 0.05) is 12.6 Å². The first-order chi connectivity index (χ1) is 7.79. The van der Waals surface area contributed by atoms with Gasteiger partial charge in [-0.05, 0) is 30.2 Å². The molecule has 0 radical (unpaired) electrons. The molecular formula is C12H16FNO2. The minimum absolute atomic E-state index is 0.229. The molecule has 1 aromatic rings. The molecule has 1 aliphatic heterocycles. The van der Waals surface area contributed by atoms with E-state index in [-0.39, 0.29) is 11.9 Å². The Morgan fingerprint density at radius 3 is 3.12 bits per heavy atom. The van der Waals surface area contributed by atoms with Gasteiger partial charge in [-0.3, -0.25) is 0 Å². The van der Waals surface area contributed by atoms with E-state index in [1.54, 1.807) is 13.2 Å². The summed E-state index contributed by atoms with van der Waals surface area (Å²) >= 11 is 0. The molecule has 88 valence electrons. The van der Waals surface area contributed by atoms with Gasteiger partial charge in [0.05, 0.1) is 20.3 Å². The van der Waals surface area contributed by atoms with Crippen molar-refractivity contribution >= 4 is 0 Å². The summed E-state index contributed by atoms with van der Waals surface area (Å²) in [6.07, 6.45) is 0.723. The van der Waals surface area contributed by atoms with Crippen LogP contribution in [-0.4, -0.2) is 32.9 Å². The van der Waals surface area contributed by atoms with Gasteiger partial charge in [-0.2, -0.15) is 0 Å². The van der Waals surface area contributed by atoms with E-state index in [0.29, 0.717) is 6.61 Å². The fourth-order valence-electron chi connectivity index (χ4n) is 1.92. The van der Waals surface area contributed by atoms with E-state index in [4.69, 9.17) is 9.47 Å². The van der Waals surface area contributed by atoms with Gasteiger partial charge in [0.15, 0.2) is 0 Å². The molecule has 0 spiro atoms. The van der Waals surface area contributed by atoms with E-state index in [2.05, 4.69) is 5.32 Å². The highest BCUT2D eigenvalue weighted by Crippen LogP contribution is 2.21. The Morgan fingerprint density at radius 2 is 2.44 bits per heavy atom. The van der Waals surface area contributed by atoms with E-state index in [1.807, 2.05) is 0 Å². The second kappa shape index (κ2) is 5.27. The number of rotatable bonds is 3. The summed E-state index contributed by atoms with van der Waals surface area (Å²) in [5, 5.41) is 3.34. The molecule has 0 amide bonds. The van der Waals surface area contributed by atoms with Crippen LogP contribution >= 0.6 is 0 Å². The molecular weight excluding hydrogens is 209 g/mol. The molecule has 1 fully saturated rings. The van der Waals surface area contributed by atoms with Crippen LogP contribution in [0.5, 0.6) is 5.75 Å². The Labute approximate surface area is 94.6 Å². The third-order valence-corrected chi connectivity index (χ3v) is 2.71. The normalized spacial score (nSPS) is 20.8. The Balaban J connectivity index is 2.09. The number of halogens is 1. The highest BCUT2D eigenvalue weighted by atomic mass is 19.1. The molecule has 2 rings (SSSR count). The largest absolute Gasteiger partial charge is 0.496 e. The van der Waals surface area contributed by atoms with Crippen molar-refractivity contribution in [2.75, 3.05) is 26.9 Å². The SMILES string of the molecule is COc1ccc(F)cc1CC1COCCN1. The maximum absolute atomic E-state index is 13.1. The Bertz CT molecular complexity index is 351. The lowest BCUT2D eigenvalue weighted by molar-refractivity contribution is 0.0768. The predicted molar refractivity (Wildman–Crippen MR) is 59.3 cm³/mol. The number of methoxy groups -OCH3 is 1. The highest BCUT2D eigenvalue weighted by molar-refractivity contribution is 5.34. The second-order valence-corrected chi connectivity index (χ2v) is 3.89. The van der Waals surface area contributed by atoms with Crippen molar-refractivity contribution in [3.8, 4) is 5.75 Å². The van der Waals surface area contributed by atoms with Crippen LogP contribution in [0, 0.1) is 5.82 Å². The molecule has 1 heterocycles. The molecule has 0 bridgehead atoms. The number of morpholine rings is 1. The summed E-state index contributed by atoms with van der Waals surface area (Å²) in [7, 11) is 1.60. The number of hydrogen-bond donors (Lipinski definition) is 1. The minimum atomic E-state index is -0.229. The number of benzene rings is 1. The average molecular weight is 225 g/mol. The molecule has 4 heteroatoms. The molecule has 1 unspecified atom stereocenters. The van der Waals surface area contributed by atoms with Gasteiger partial charge in [0.25, 0.3) is 0 Å². The summed E-state index contributed by atoms with van der Waals surface area (Å²) < 4.78 is 23.7. The zero-order valence-corrected chi connectivity index (χ0v) is 9.33. The molecule has 1 saturated heterocycles. The van der Waals surface area contributed by atoms with Gasteiger partial charge in [0.2, 0.25) is 0 Å². The van der Waals surface area contributed by atoms with Crippen molar-refractivity contribution in [3.63, 3.8) is 0 Å². The first-order valence-corrected chi connectivity index (χ1v) is 5.43. The van der Waals surface area contributed by atoms with Gasteiger partial charge in [-0.15, -0.1) is 0 Å². The number of ether oxygens (including phenoxy) is 2. The van der Waals surface area contributed by atoms with Crippen LogP contribution in [0.15, 0.2) is 18.2 Å². The molecule has 1 N–H and O–H groups in total. The molecule has 1 aliphatic rings. The van der Waals surface area contributed by atoms with Crippen molar-refractivity contribution in [2.24, 2.45) is 0 Å². The summed E-state index contributed by atoms with van der Waals surface area (Å²) in [5.74, 6) is 0.501. The fourth-order valence-corrected chi connectivity index (χ4v) is 1.92. The molecule has 1 aromatic carbocycles. The van der Waals surface area contributed by atoms with E-state index in [1.165, 1.54) is 12.1 Å². The minimum Gasteiger partial charge on any atom is -0.496 e. The van der Waals surface area contributed by atoms with Gasteiger partial charge < -0.3 is 14.8 Å². The van der Waals surface area contributed by atoms with Crippen molar-refractivity contribution in [3.05, 3.63) is 29.6 Å². The van der Waals surface area contributed by atoms with Crippen molar-refractivity contribution in [2.45, 2.75) is 12.5 Å². The fraction of sp³-hybridized carbons (Fsp3) is 0.500. The standard InChI is InChI=1S/C12H16FNO2/c1-15-12-3-2-10(13)6-9(12)7-11-8-16-5-4-14-11/h2-3,6,11,14H,4-5,7-8H2,1H3. The topological polar surface area (TPSA) is 30.5 Å². The van der Waals surface area contributed by atoms with Crippen LogP contribution in [0.3, 0.4) is 0 Å². The zero-order valence-electron chi connectivity index (χ0n) is 9.33. The predicted octanol–water partition coefficient (Wildman–Crippen LogP) is 1.37. The molecule has 0 saturated carbocycles. The Morgan fingerprint density at radius 1 is 1.56 bits per heavy atom. The lowest BCUT2D eigenvalue weighted by Gasteiger charge is -2.24. The van der Waals surface area contributed by atoms with Gasteiger partial charge in [-0.25, -0.2) is 4.39 Å². The number of nitrogens with one attached hydrogen (secondary N) is 1. The summed E-state index contributed by atoms with van der Waals surface area (Å²) in [6.45, 7) is 2.26. The monoisotopic (exact) mass is 225 g/mol. The molecule has 0 aromatic heterocycles. The third kappa shape index (κ3) is 2.71. The van der Waals surface area contributed by atoms with Crippen LogP contribution in [0.1, 0.15) is 5.56 Å². The van der Waals surface area contributed by atoms with Gasteiger partial charge >= 0.3 is 0 Å². The van der Waals surface area contributed by atoms with Crippen molar-refractivity contribution < 1.29 is 13.9 Å². The van der Waals surface area contributed by atoms with E-state index < -0.39 is 0 Å². The molecule has 0 aliphatic carbocycles. The molecule has 1 atom stereocenters. The van der Waals surface area contributed by atoms with Crippen LogP contribution in [0.4, 0.5) is 4.39 Å². The number of hydrogen-bond acceptors (Lipinski definition) is 3. The third-order valence-electron chi connectivity index (χ3n) is 2.71. The Hall–Kier alpha value is -1.13. The highest BCUT2D eigenvalue weighted by Gasteiger charge is 2.16. The summed E-state index contributed by atoms with van der Waals surface area (Å²) in [5.41, 5.74) is 0.880. The lowest BCUT2D eigenvalue weighted by atomic mass is 10.0. The van der Waals surface area contributed by atoms with Gasteiger partial charge in [0.1, 0.15) is 11.6 Å². The van der Waals surface area contributed by atoms with E-state index in [9.17, 15) is 4.39 Å². The van der Waals surface area contributed by atoms with E-state index in [0.717, 1.165) is 30.9 Å². The smallest absolute Gasteiger partial charge is 0.123 e. The zero-order chi connectivity index (χ0) is 11.4. The first kappa shape index (κ1) is 11.4. The van der Waals surface area contributed by atoms with Crippen molar-refractivity contribution in [1.82, 2.24) is 5.32 Å². The first-order valence-electron chi connectivity index (χ1n) is 5.43. The lowest BCUT2D eigenvalue weighted by Crippen LogP contribution is -2.42. The summed E-state index contributed by atoms with van der Waals surface area (Å²) in [6, 6.07) is 4.83. The summed E-state index contributed by atoms with van der Waals surface area (Å²) in [4.78, 5) is 0. The maximum Gasteiger partial charge on any atom is 0.123 e. The maximum atomic E-state index is 13.1. The average Bonchev–Trinajstić information content (AvgIpc) is 2.31. The quantitative estimate of drug-likeness (QED) is 0.842. The van der Waals surface area contributed by atoms with Crippen LogP contribution in [-0.2, 0) is 11.2 Å². The van der Waals surface area contributed by atoms with Crippen molar-refractivity contribution in [1.29, 1.82) is 0 Å².